The molecule has 1 aliphatic rings. The number of nitrogens with zero attached hydrogens (tertiary/aromatic N) is 1. The van der Waals surface area contributed by atoms with Gasteiger partial charge in [-0.15, -0.1) is 0 Å². The van der Waals surface area contributed by atoms with E-state index >= 15 is 0 Å². The highest BCUT2D eigenvalue weighted by atomic mass is 32.2. The van der Waals surface area contributed by atoms with Gasteiger partial charge in [0.2, 0.25) is 15.9 Å². The Labute approximate surface area is 173 Å². The van der Waals surface area contributed by atoms with Crippen molar-refractivity contribution in [2.24, 2.45) is 5.92 Å². The molecule has 2 atom stereocenters. The van der Waals surface area contributed by atoms with Gasteiger partial charge >= 0.3 is 5.97 Å². The van der Waals surface area contributed by atoms with Crippen LogP contribution in [0.25, 0.3) is 0 Å². The van der Waals surface area contributed by atoms with Crippen molar-refractivity contribution in [2.45, 2.75) is 57.5 Å². The fourth-order valence-electron chi connectivity index (χ4n) is 3.32. The van der Waals surface area contributed by atoms with E-state index in [0.29, 0.717) is 18.8 Å². The maximum absolute atomic E-state index is 12.6. The number of piperidine rings is 1. The third kappa shape index (κ3) is 6.52. The molecule has 2 N–H and O–H groups in total. The van der Waals surface area contributed by atoms with Crippen LogP contribution in [0.1, 0.15) is 40.5 Å². The highest BCUT2D eigenvalue weighted by Gasteiger charge is 2.31. The second-order valence-corrected chi connectivity index (χ2v) is 9.27. The number of hydrogen-bond acceptors (Lipinski definition) is 6. The van der Waals surface area contributed by atoms with Gasteiger partial charge in [0.25, 0.3) is 0 Å². The molecule has 0 saturated carbocycles. The molecule has 0 aliphatic carbocycles. The zero-order valence-electron chi connectivity index (χ0n) is 17.5. The van der Waals surface area contributed by atoms with E-state index < -0.39 is 16.1 Å². The molecular weight excluding hydrogens is 394 g/mol. The summed E-state index contributed by atoms with van der Waals surface area (Å²) in [6.45, 7) is 8.66. The Hall–Kier alpha value is -1.97. The van der Waals surface area contributed by atoms with Crippen molar-refractivity contribution >= 4 is 27.6 Å². The number of amides is 1. The molecule has 9 heteroatoms. The number of carbonyl (C=O) groups is 2. The lowest BCUT2D eigenvalue weighted by molar-refractivity contribution is -0.150. The largest absolute Gasteiger partial charge is 0.466 e. The Balaban J connectivity index is 1.98. The van der Waals surface area contributed by atoms with Crippen LogP contribution in [-0.4, -0.2) is 57.0 Å². The molecule has 0 aromatic heterocycles. The van der Waals surface area contributed by atoms with E-state index in [1.165, 1.54) is 12.1 Å². The summed E-state index contributed by atoms with van der Waals surface area (Å²) in [5, 5.41) is 2.82. The number of esters is 1. The Morgan fingerprint density at radius 2 is 1.86 bits per heavy atom. The van der Waals surface area contributed by atoms with Gasteiger partial charge in [-0.2, -0.15) is 0 Å². The summed E-state index contributed by atoms with van der Waals surface area (Å²) in [5.74, 6) is -0.626. The van der Waals surface area contributed by atoms with Crippen molar-refractivity contribution in [1.29, 1.82) is 0 Å². The average molecular weight is 426 g/mol. The minimum absolute atomic E-state index is 0.144. The topological polar surface area (TPSA) is 105 Å². The van der Waals surface area contributed by atoms with E-state index in [4.69, 9.17) is 4.74 Å². The van der Waals surface area contributed by atoms with Crippen LogP contribution in [0, 0.1) is 5.92 Å². The molecule has 1 amide bonds. The summed E-state index contributed by atoms with van der Waals surface area (Å²) in [7, 11) is -3.57. The summed E-state index contributed by atoms with van der Waals surface area (Å²) in [6.07, 6.45) is 1.60. The van der Waals surface area contributed by atoms with Crippen LogP contribution in [0.4, 0.5) is 5.69 Å². The fraction of sp³-hybridized carbons (Fsp3) is 0.600. The second-order valence-electron chi connectivity index (χ2n) is 7.55. The Bertz CT molecular complexity index is 808. The van der Waals surface area contributed by atoms with Crippen molar-refractivity contribution in [3.63, 3.8) is 0 Å². The van der Waals surface area contributed by atoms with Crippen molar-refractivity contribution in [1.82, 2.24) is 9.62 Å². The van der Waals surface area contributed by atoms with Gasteiger partial charge in [0, 0.05) is 18.3 Å². The Kier molecular flexibility index (Phi) is 8.18. The average Bonchev–Trinajstić information content (AvgIpc) is 2.67. The molecule has 1 aromatic carbocycles. The molecule has 2 rings (SSSR count). The number of carbonyl (C=O) groups excluding carboxylic acids is 2. The molecule has 0 radical (unpaired) electrons. The number of sulfonamides is 1. The molecule has 0 bridgehead atoms. The number of anilines is 1. The van der Waals surface area contributed by atoms with Crippen LogP contribution in [0.2, 0.25) is 0 Å². The summed E-state index contributed by atoms with van der Waals surface area (Å²) in [5.41, 5.74) is 0.518. The fourth-order valence-corrected chi connectivity index (χ4v) is 4.57. The number of ether oxygens (including phenoxy) is 1. The Morgan fingerprint density at radius 1 is 1.21 bits per heavy atom. The van der Waals surface area contributed by atoms with Crippen molar-refractivity contribution in [3.8, 4) is 0 Å². The molecular formula is C20H31N3O5S. The molecule has 1 aromatic rings. The van der Waals surface area contributed by atoms with Crippen LogP contribution in [0.15, 0.2) is 29.2 Å². The molecule has 162 valence electrons. The van der Waals surface area contributed by atoms with Crippen LogP contribution >= 0.6 is 0 Å². The normalized spacial score (nSPS) is 19.0. The Morgan fingerprint density at radius 3 is 2.45 bits per heavy atom. The van der Waals surface area contributed by atoms with E-state index in [1.807, 2.05) is 4.90 Å². The molecule has 1 saturated heterocycles. The van der Waals surface area contributed by atoms with E-state index in [9.17, 15) is 18.0 Å². The van der Waals surface area contributed by atoms with Crippen LogP contribution in [0.5, 0.6) is 0 Å². The van der Waals surface area contributed by atoms with E-state index in [-0.39, 0.29) is 28.7 Å². The number of hydrogen-bond donors (Lipinski definition) is 2. The first kappa shape index (κ1) is 23.3. The van der Waals surface area contributed by atoms with Gasteiger partial charge in [0.15, 0.2) is 0 Å². The van der Waals surface area contributed by atoms with E-state index in [1.54, 1.807) is 39.8 Å². The molecule has 1 heterocycles. The zero-order valence-corrected chi connectivity index (χ0v) is 18.3. The first-order valence-electron chi connectivity index (χ1n) is 9.98. The van der Waals surface area contributed by atoms with Gasteiger partial charge in [0.05, 0.1) is 23.5 Å². The smallest absolute Gasteiger partial charge is 0.310 e. The molecule has 1 fully saturated rings. The third-order valence-electron chi connectivity index (χ3n) is 4.82. The standard InChI is InChI=1S/C20H31N3O5S/c1-5-28-20(25)16-7-6-12-23(13-16)15(4)19(24)21-17-8-10-18(11-9-17)29(26,27)22-14(2)3/h8-11,14-16,22H,5-7,12-13H2,1-4H3,(H,21,24)/t15-,16+/m0/s1. The molecule has 29 heavy (non-hydrogen) atoms. The van der Waals surface area contributed by atoms with Gasteiger partial charge in [-0.3, -0.25) is 14.5 Å². The maximum Gasteiger partial charge on any atom is 0.310 e. The van der Waals surface area contributed by atoms with Gasteiger partial charge in [-0.25, -0.2) is 13.1 Å². The summed E-state index contributed by atoms with van der Waals surface area (Å²) < 4.78 is 32.0. The summed E-state index contributed by atoms with van der Waals surface area (Å²) in [6, 6.07) is 5.43. The lowest BCUT2D eigenvalue weighted by atomic mass is 9.97. The van der Waals surface area contributed by atoms with E-state index in [2.05, 4.69) is 10.0 Å². The number of benzene rings is 1. The van der Waals surface area contributed by atoms with Crippen LogP contribution < -0.4 is 10.0 Å². The predicted molar refractivity (Wildman–Crippen MR) is 111 cm³/mol. The molecule has 8 nitrogen and oxygen atoms in total. The minimum Gasteiger partial charge on any atom is -0.466 e. The van der Waals surface area contributed by atoms with Crippen molar-refractivity contribution in [2.75, 3.05) is 25.0 Å². The summed E-state index contributed by atoms with van der Waals surface area (Å²) >= 11 is 0. The number of rotatable bonds is 8. The zero-order chi connectivity index (χ0) is 21.6. The maximum atomic E-state index is 12.6. The molecule has 1 aliphatic heterocycles. The first-order chi connectivity index (χ1) is 13.6. The van der Waals surface area contributed by atoms with Crippen molar-refractivity contribution in [3.05, 3.63) is 24.3 Å². The quantitative estimate of drug-likeness (QED) is 0.617. The van der Waals surface area contributed by atoms with Gasteiger partial charge in [-0.1, -0.05) is 0 Å². The van der Waals surface area contributed by atoms with Gasteiger partial charge < -0.3 is 10.1 Å². The first-order valence-corrected chi connectivity index (χ1v) is 11.5. The predicted octanol–water partition coefficient (Wildman–Crippen LogP) is 1.98. The SMILES string of the molecule is CCOC(=O)[C@@H]1CCCN([C@@H](C)C(=O)Nc2ccc(S(=O)(=O)NC(C)C)cc2)C1. The monoisotopic (exact) mass is 425 g/mol. The van der Waals surface area contributed by atoms with Crippen LogP contribution in [-0.2, 0) is 24.3 Å². The summed E-state index contributed by atoms with van der Waals surface area (Å²) in [4.78, 5) is 26.8. The van der Waals surface area contributed by atoms with Crippen LogP contribution in [0.3, 0.4) is 0 Å². The number of nitrogens with one attached hydrogen (secondary N) is 2. The number of likely N-dealkylation sites (tertiary alicyclic amines) is 1. The highest BCUT2D eigenvalue weighted by Crippen LogP contribution is 2.21. The van der Waals surface area contributed by atoms with Crippen molar-refractivity contribution < 1.29 is 22.7 Å². The van der Waals surface area contributed by atoms with Gasteiger partial charge in [0.1, 0.15) is 0 Å². The molecule has 0 unspecified atom stereocenters. The van der Waals surface area contributed by atoms with E-state index in [0.717, 1.165) is 19.4 Å². The van der Waals surface area contributed by atoms with Gasteiger partial charge in [-0.05, 0) is 71.3 Å². The third-order valence-corrected chi connectivity index (χ3v) is 6.50. The second kappa shape index (κ2) is 10.2. The lowest BCUT2D eigenvalue weighted by Crippen LogP contribution is -2.48. The minimum atomic E-state index is -3.57. The highest BCUT2D eigenvalue weighted by molar-refractivity contribution is 7.89. The molecule has 0 spiro atoms. The lowest BCUT2D eigenvalue weighted by Gasteiger charge is -2.35.